The SMILES string of the molecule is C/C=C/C=C\COCC1=C[C@@H](/C=C/C)[C@@H]2COCC2=C1. The van der Waals surface area contributed by atoms with E-state index in [9.17, 15) is 0 Å². The van der Waals surface area contributed by atoms with Crippen LogP contribution in [0.4, 0.5) is 0 Å². The van der Waals surface area contributed by atoms with Crippen LogP contribution in [0.2, 0.25) is 0 Å². The van der Waals surface area contributed by atoms with Crippen molar-refractivity contribution in [2.45, 2.75) is 13.8 Å². The van der Waals surface area contributed by atoms with Crippen molar-refractivity contribution in [2.75, 3.05) is 26.4 Å². The third-order valence-electron chi connectivity index (χ3n) is 3.62. The van der Waals surface area contributed by atoms with Gasteiger partial charge in [-0.15, -0.1) is 0 Å². The van der Waals surface area contributed by atoms with E-state index in [0.717, 1.165) is 13.2 Å². The summed E-state index contributed by atoms with van der Waals surface area (Å²) in [6, 6.07) is 0. The van der Waals surface area contributed by atoms with E-state index in [1.54, 1.807) is 0 Å². The van der Waals surface area contributed by atoms with Crippen molar-refractivity contribution in [1.29, 1.82) is 0 Å². The summed E-state index contributed by atoms with van der Waals surface area (Å²) in [5.41, 5.74) is 2.68. The van der Waals surface area contributed by atoms with Gasteiger partial charge in [-0.25, -0.2) is 0 Å². The monoisotopic (exact) mass is 272 g/mol. The predicted octanol–water partition coefficient (Wildman–Crippen LogP) is 3.84. The number of rotatable bonds is 6. The molecule has 1 heterocycles. The topological polar surface area (TPSA) is 18.5 Å². The Balaban J connectivity index is 1.90. The molecular weight excluding hydrogens is 248 g/mol. The summed E-state index contributed by atoms with van der Waals surface area (Å²) in [5.74, 6) is 0.990. The molecule has 0 unspecified atom stereocenters. The molecule has 0 spiro atoms. The van der Waals surface area contributed by atoms with Crippen molar-refractivity contribution in [3.8, 4) is 0 Å². The van der Waals surface area contributed by atoms with Gasteiger partial charge in [0.15, 0.2) is 0 Å². The molecule has 0 N–H and O–H groups in total. The Morgan fingerprint density at radius 3 is 3.00 bits per heavy atom. The molecule has 0 saturated carbocycles. The quantitative estimate of drug-likeness (QED) is 0.415. The highest BCUT2D eigenvalue weighted by atomic mass is 16.5. The summed E-state index contributed by atoms with van der Waals surface area (Å²) in [6.07, 6.45) is 17.0. The van der Waals surface area contributed by atoms with E-state index in [4.69, 9.17) is 9.47 Å². The molecule has 0 radical (unpaired) electrons. The van der Waals surface area contributed by atoms with Crippen LogP contribution in [0.25, 0.3) is 0 Å². The number of ether oxygens (including phenoxy) is 2. The van der Waals surface area contributed by atoms with Crippen molar-refractivity contribution >= 4 is 0 Å². The molecule has 1 aliphatic heterocycles. The van der Waals surface area contributed by atoms with Crippen LogP contribution in [-0.4, -0.2) is 26.4 Å². The van der Waals surface area contributed by atoms with Gasteiger partial charge in [0.25, 0.3) is 0 Å². The lowest BCUT2D eigenvalue weighted by Crippen LogP contribution is -2.18. The second kappa shape index (κ2) is 8.03. The van der Waals surface area contributed by atoms with Gasteiger partial charge in [0.1, 0.15) is 0 Å². The molecule has 0 amide bonds. The first kappa shape index (κ1) is 15.0. The number of allylic oxidation sites excluding steroid dienone is 6. The molecular formula is C18H24O2. The number of fused-ring (bicyclic) bond motifs is 1. The van der Waals surface area contributed by atoms with Crippen LogP contribution in [0.5, 0.6) is 0 Å². The molecule has 108 valence electrons. The first-order chi connectivity index (χ1) is 9.85. The van der Waals surface area contributed by atoms with Crippen LogP contribution in [0.3, 0.4) is 0 Å². The maximum Gasteiger partial charge on any atom is 0.0718 e. The molecule has 0 aromatic heterocycles. The Kier molecular flexibility index (Phi) is 6.03. The molecule has 0 bridgehead atoms. The lowest BCUT2D eigenvalue weighted by atomic mass is 9.81. The fourth-order valence-electron chi connectivity index (χ4n) is 2.67. The molecule has 2 rings (SSSR count). The van der Waals surface area contributed by atoms with Crippen LogP contribution in [0, 0.1) is 11.8 Å². The molecule has 2 nitrogen and oxygen atoms in total. The lowest BCUT2D eigenvalue weighted by molar-refractivity contribution is 0.181. The van der Waals surface area contributed by atoms with E-state index in [-0.39, 0.29) is 0 Å². The highest BCUT2D eigenvalue weighted by Gasteiger charge is 2.30. The average molecular weight is 272 g/mol. The normalized spacial score (nSPS) is 26.5. The molecule has 0 aromatic rings. The van der Waals surface area contributed by atoms with E-state index < -0.39 is 0 Å². The molecule has 1 fully saturated rings. The standard InChI is InChI=1S/C18H24O2/c1-3-5-6-7-9-19-12-15-10-16(8-4-2)18-14-20-13-17(18)11-15/h3-8,10-11,16,18H,9,12-14H2,1-2H3/b5-3+,7-6-,8-4+/t16-,18+/m1/s1. The average Bonchev–Trinajstić information content (AvgIpc) is 2.91. The minimum Gasteiger partial charge on any atom is -0.376 e. The van der Waals surface area contributed by atoms with E-state index in [2.05, 4.69) is 31.2 Å². The summed E-state index contributed by atoms with van der Waals surface area (Å²) in [4.78, 5) is 0. The third-order valence-corrected chi connectivity index (χ3v) is 3.62. The molecule has 2 aliphatic rings. The van der Waals surface area contributed by atoms with Gasteiger partial charge < -0.3 is 9.47 Å². The summed E-state index contributed by atoms with van der Waals surface area (Å²) in [7, 11) is 0. The minimum atomic E-state index is 0.458. The van der Waals surface area contributed by atoms with E-state index in [0.29, 0.717) is 25.0 Å². The van der Waals surface area contributed by atoms with E-state index in [1.165, 1.54) is 11.1 Å². The largest absolute Gasteiger partial charge is 0.376 e. The van der Waals surface area contributed by atoms with E-state index in [1.807, 2.05) is 31.2 Å². The zero-order valence-corrected chi connectivity index (χ0v) is 12.4. The van der Waals surface area contributed by atoms with Gasteiger partial charge in [0.05, 0.1) is 26.4 Å². The van der Waals surface area contributed by atoms with Gasteiger partial charge >= 0.3 is 0 Å². The predicted molar refractivity (Wildman–Crippen MR) is 83.6 cm³/mol. The summed E-state index contributed by atoms with van der Waals surface area (Å²) < 4.78 is 11.3. The Morgan fingerprint density at radius 1 is 1.30 bits per heavy atom. The van der Waals surface area contributed by atoms with Gasteiger partial charge in [-0.2, -0.15) is 0 Å². The molecule has 1 saturated heterocycles. The van der Waals surface area contributed by atoms with Crippen LogP contribution in [0.15, 0.2) is 59.8 Å². The van der Waals surface area contributed by atoms with Crippen molar-refractivity contribution in [2.24, 2.45) is 11.8 Å². The highest BCUT2D eigenvalue weighted by molar-refractivity contribution is 5.35. The lowest BCUT2D eigenvalue weighted by Gasteiger charge is -2.23. The third kappa shape index (κ3) is 4.06. The summed E-state index contributed by atoms with van der Waals surface area (Å²) >= 11 is 0. The van der Waals surface area contributed by atoms with Gasteiger partial charge in [-0.3, -0.25) is 0 Å². The molecule has 2 atom stereocenters. The van der Waals surface area contributed by atoms with Gasteiger partial charge in [-0.1, -0.05) is 48.6 Å². The highest BCUT2D eigenvalue weighted by Crippen LogP contribution is 2.34. The maximum atomic E-state index is 5.70. The van der Waals surface area contributed by atoms with Gasteiger partial charge in [0, 0.05) is 11.8 Å². The first-order valence-corrected chi connectivity index (χ1v) is 7.32. The van der Waals surface area contributed by atoms with Crippen LogP contribution >= 0.6 is 0 Å². The second-order valence-corrected chi connectivity index (χ2v) is 5.15. The Labute approximate surface area is 122 Å². The van der Waals surface area contributed by atoms with Crippen LogP contribution < -0.4 is 0 Å². The van der Waals surface area contributed by atoms with Gasteiger partial charge in [-0.05, 0) is 25.0 Å². The van der Waals surface area contributed by atoms with Crippen molar-refractivity contribution in [3.63, 3.8) is 0 Å². The fourth-order valence-corrected chi connectivity index (χ4v) is 2.67. The maximum absolute atomic E-state index is 5.70. The van der Waals surface area contributed by atoms with Crippen molar-refractivity contribution in [3.05, 3.63) is 59.8 Å². The Morgan fingerprint density at radius 2 is 2.20 bits per heavy atom. The molecule has 20 heavy (non-hydrogen) atoms. The summed E-state index contributed by atoms with van der Waals surface area (Å²) in [5, 5.41) is 0. The molecule has 2 heteroatoms. The zero-order chi connectivity index (χ0) is 14.2. The smallest absolute Gasteiger partial charge is 0.0718 e. The van der Waals surface area contributed by atoms with Crippen molar-refractivity contribution < 1.29 is 9.47 Å². The second-order valence-electron chi connectivity index (χ2n) is 5.15. The minimum absolute atomic E-state index is 0.458. The first-order valence-electron chi connectivity index (χ1n) is 7.32. The van der Waals surface area contributed by atoms with Crippen molar-refractivity contribution in [1.82, 2.24) is 0 Å². The van der Waals surface area contributed by atoms with Gasteiger partial charge in [0.2, 0.25) is 0 Å². The number of hydrogen-bond donors (Lipinski definition) is 0. The Bertz CT molecular complexity index is 452. The van der Waals surface area contributed by atoms with E-state index >= 15 is 0 Å². The number of hydrogen-bond acceptors (Lipinski definition) is 2. The molecule has 0 aromatic carbocycles. The fraction of sp³-hybridized carbons (Fsp3) is 0.444. The Hall–Kier alpha value is -1.38. The van der Waals surface area contributed by atoms with Crippen LogP contribution in [-0.2, 0) is 9.47 Å². The molecule has 1 aliphatic carbocycles. The zero-order valence-electron chi connectivity index (χ0n) is 12.4. The summed E-state index contributed by atoms with van der Waals surface area (Å²) in [6.45, 7) is 7.02. The van der Waals surface area contributed by atoms with Crippen LogP contribution in [0.1, 0.15) is 13.8 Å².